The minimum absolute atomic E-state index is 0.0609. The van der Waals surface area contributed by atoms with Crippen molar-refractivity contribution in [3.8, 4) is 0 Å². The van der Waals surface area contributed by atoms with Crippen LogP contribution < -0.4 is 4.90 Å². The van der Waals surface area contributed by atoms with Crippen LogP contribution in [0.25, 0.3) is 11.8 Å². The summed E-state index contributed by atoms with van der Waals surface area (Å²) in [5.74, 6) is 0.518. The molecule has 0 spiro atoms. The third-order valence-electron chi connectivity index (χ3n) is 4.73. The van der Waals surface area contributed by atoms with Gasteiger partial charge in [0.2, 0.25) is 5.91 Å². The number of ether oxygens (including phenoxy) is 1. The van der Waals surface area contributed by atoms with Gasteiger partial charge in [-0.3, -0.25) is 4.79 Å². The zero-order chi connectivity index (χ0) is 18.7. The van der Waals surface area contributed by atoms with E-state index < -0.39 is 0 Å². The van der Waals surface area contributed by atoms with Crippen molar-refractivity contribution in [3.05, 3.63) is 76.9 Å². The number of anilines is 1. The van der Waals surface area contributed by atoms with Gasteiger partial charge in [-0.15, -0.1) is 0 Å². The highest BCUT2D eigenvalue weighted by atomic mass is 16.5. The summed E-state index contributed by atoms with van der Waals surface area (Å²) in [6.07, 6.45) is 1.96. The Morgan fingerprint density at radius 2 is 2.04 bits per heavy atom. The highest BCUT2D eigenvalue weighted by molar-refractivity contribution is 6.00. The first-order valence-electron chi connectivity index (χ1n) is 8.57. The molecule has 0 saturated heterocycles. The predicted octanol–water partition coefficient (Wildman–Crippen LogP) is 3.92. The standard InChI is InChI=1S/C22H23NO3/c1-4-17-11-16(10-9-15(17)2)13-23-20-8-6-5-7-19(20)22(26-3)18(14-24)12-21(23)25/h4-11,24H,1,12-14H2,2-3H3. The van der Waals surface area contributed by atoms with Gasteiger partial charge in [-0.05, 0) is 41.8 Å². The maximum Gasteiger partial charge on any atom is 0.231 e. The second kappa shape index (κ2) is 7.58. The van der Waals surface area contributed by atoms with Crippen LogP contribution >= 0.6 is 0 Å². The summed E-state index contributed by atoms with van der Waals surface area (Å²) in [7, 11) is 1.57. The fraction of sp³-hybridized carbons (Fsp3) is 0.227. The highest BCUT2D eigenvalue weighted by Crippen LogP contribution is 2.35. The number of carbonyl (C=O) groups excluding carboxylic acids is 1. The molecule has 0 fully saturated rings. The lowest BCUT2D eigenvalue weighted by Gasteiger charge is -2.24. The number of aryl methyl sites for hydroxylation is 1. The number of aliphatic hydroxyl groups is 1. The number of rotatable bonds is 5. The average Bonchev–Trinajstić information content (AvgIpc) is 2.77. The van der Waals surface area contributed by atoms with Crippen LogP contribution in [0.5, 0.6) is 0 Å². The van der Waals surface area contributed by atoms with Gasteiger partial charge in [0.1, 0.15) is 5.76 Å². The smallest absolute Gasteiger partial charge is 0.231 e. The molecule has 1 aliphatic heterocycles. The van der Waals surface area contributed by atoms with Crippen molar-refractivity contribution in [2.45, 2.75) is 19.9 Å². The van der Waals surface area contributed by atoms with Crippen molar-refractivity contribution < 1.29 is 14.6 Å². The molecule has 26 heavy (non-hydrogen) atoms. The van der Waals surface area contributed by atoms with Crippen LogP contribution in [0, 0.1) is 6.92 Å². The van der Waals surface area contributed by atoms with Gasteiger partial charge >= 0.3 is 0 Å². The van der Waals surface area contributed by atoms with Crippen molar-refractivity contribution >= 4 is 23.4 Å². The molecule has 0 saturated carbocycles. The number of para-hydroxylation sites is 1. The van der Waals surface area contributed by atoms with Gasteiger partial charge in [-0.2, -0.15) is 0 Å². The Balaban J connectivity index is 2.06. The lowest BCUT2D eigenvalue weighted by atomic mass is 10.0. The van der Waals surface area contributed by atoms with E-state index in [2.05, 4.69) is 12.6 Å². The largest absolute Gasteiger partial charge is 0.496 e. The molecule has 0 bridgehead atoms. The molecule has 0 aromatic heterocycles. The first-order chi connectivity index (χ1) is 12.6. The summed E-state index contributed by atoms with van der Waals surface area (Å²) in [4.78, 5) is 14.7. The normalized spacial score (nSPS) is 14.1. The number of hydrogen-bond acceptors (Lipinski definition) is 3. The zero-order valence-corrected chi connectivity index (χ0v) is 15.2. The number of carbonyl (C=O) groups is 1. The third kappa shape index (κ3) is 3.28. The lowest BCUT2D eigenvalue weighted by Crippen LogP contribution is -2.30. The minimum Gasteiger partial charge on any atom is -0.496 e. The molecule has 0 atom stereocenters. The zero-order valence-electron chi connectivity index (χ0n) is 15.2. The summed E-state index contributed by atoms with van der Waals surface area (Å²) >= 11 is 0. The summed E-state index contributed by atoms with van der Waals surface area (Å²) < 4.78 is 5.53. The van der Waals surface area contributed by atoms with Crippen LogP contribution in [-0.2, 0) is 16.1 Å². The molecule has 1 aliphatic rings. The third-order valence-corrected chi connectivity index (χ3v) is 4.73. The highest BCUT2D eigenvalue weighted by Gasteiger charge is 2.28. The van der Waals surface area contributed by atoms with Crippen molar-refractivity contribution in [2.24, 2.45) is 0 Å². The fourth-order valence-electron chi connectivity index (χ4n) is 3.33. The van der Waals surface area contributed by atoms with E-state index in [0.717, 1.165) is 27.9 Å². The van der Waals surface area contributed by atoms with Gasteiger partial charge < -0.3 is 14.7 Å². The lowest BCUT2D eigenvalue weighted by molar-refractivity contribution is -0.118. The van der Waals surface area contributed by atoms with E-state index in [1.54, 1.807) is 12.0 Å². The number of amides is 1. The Bertz CT molecular complexity index is 883. The van der Waals surface area contributed by atoms with Crippen LogP contribution in [0.15, 0.2) is 54.6 Å². The molecule has 134 valence electrons. The number of benzene rings is 2. The van der Waals surface area contributed by atoms with E-state index in [9.17, 15) is 9.90 Å². The van der Waals surface area contributed by atoms with Gasteiger partial charge in [-0.25, -0.2) is 0 Å². The Morgan fingerprint density at radius 3 is 2.73 bits per heavy atom. The SMILES string of the molecule is C=Cc1cc(CN2C(=O)CC(CO)=C(OC)c3ccccc32)ccc1C. The van der Waals surface area contributed by atoms with Crippen LogP contribution in [0.2, 0.25) is 0 Å². The second-order valence-electron chi connectivity index (χ2n) is 6.36. The predicted molar refractivity (Wildman–Crippen MR) is 105 cm³/mol. The van der Waals surface area contributed by atoms with Crippen LogP contribution in [0.1, 0.15) is 28.7 Å². The topological polar surface area (TPSA) is 49.8 Å². The fourth-order valence-corrected chi connectivity index (χ4v) is 3.33. The van der Waals surface area contributed by atoms with Crippen molar-refractivity contribution in [2.75, 3.05) is 18.6 Å². The van der Waals surface area contributed by atoms with Crippen molar-refractivity contribution in [3.63, 3.8) is 0 Å². The number of methoxy groups -OCH3 is 1. The maximum atomic E-state index is 12.9. The summed E-state index contributed by atoms with van der Waals surface area (Å²) in [6, 6.07) is 13.8. The van der Waals surface area contributed by atoms with Crippen LogP contribution in [0.3, 0.4) is 0 Å². The van der Waals surface area contributed by atoms with E-state index in [1.165, 1.54) is 0 Å². The van der Waals surface area contributed by atoms with E-state index in [-0.39, 0.29) is 18.9 Å². The van der Waals surface area contributed by atoms with Crippen molar-refractivity contribution in [1.29, 1.82) is 0 Å². The molecular weight excluding hydrogens is 326 g/mol. The molecule has 1 N–H and O–H groups in total. The van der Waals surface area contributed by atoms with E-state index in [1.807, 2.05) is 49.4 Å². The molecular formula is C22H23NO3. The molecule has 2 aromatic rings. The number of aliphatic hydroxyl groups excluding tert-OH is 1. The Labute approximate surface area is 154 Å². The molecule has 4 nitrogen and oxygen atoms in total. The average molecular weight is 349 g/mol. The van der Waals surface area contributed by atoms with Crippen molar-refractivity contribution in [1.82, 2.24) is 0 Å². The maximum absolute atomic E-state index is 12.9. The van der Waals surface area contributed by atoms with Gasteiger partial charge in [0.15, 0.2) is 0 Å². The van der Waals surface area contributed by atoms with Gasteiger partial charge in [0.05, 0.1) is 32.4 Å². The minimum atomic E-state index is -0.206. The van der Waals surface area contributed by atoms with E-state index >= 15 is 0 Å². The number of nitrogens with zero attached hydrogens (tertiary/aromatic N) is 1. The molecule has 1 heterocycles. The molecule has 3 rings (SSSR count). The Kier molecular flexibility index (Phi) is 5.24. The molecule has 0 unspecified atom stereocenters. The van der Waals surface area contributed by atoms with Crippen LogP contribution in [0.4, 0.5) is 5.69 Å². The quantitative estimate of drug-likeness (QED) is 0.890. The molecule has 1 amide bonds. The van der Waals surface area contributed by atoms with Gasteiger partial charge in [0.25, 0.3) is 0 Å². The summed E-state index contributed by atoms with van der Waals surface area (Å²) in [5, 5.41) is 9.72. The van der Waals surface area contributed by atoms with Gasteiger partial charge in [-0.1, -0.05) is 36.9 Å². The molecule has 4 heteroatoms. The first-order valence-corrected chi connectivity index (χ1v) is 8.57. The monoisotopic (exact) mass is 349 g/mol. The Hall–Kier alpha value is -2.85. The van der Waals surface area contributed by atoms with E-state index in [0.29, 0.717) is 17.9 Å². The Morgan fingerprint density at radius 1 is 1.27 bits per heavy atom. The van der Waals surface area contributed by atoms with E-state index in [4.69, 9.17) is 4.74 Å². The molecule has 0 radical (unpaired) electrons. The second-order valence-corrected chi connectivity index (χ2v) is 6.36. The van der Waals surface area contributed by atoms with Gasteiger partial charge in [0, 0.05) is 11.1 Å². The summed E-state index contributed by atoms with van der Waals surface area (Å²) in [5.41, 5.74) is 5.45. The molecule has 0 aliphatic carbocycles. The first kappa shape index (κ1) is 18.0. The number of fused-ring (bicyclic) bond motifs is 1. The summed E-state index contributed by atoms with van der Waals surface area (Å²) in [6.45, 7) is 6.14. The number of hydrogen-bond donors (Lipinski definition) is 1. The van der Waals surface area contributed by atoms with Crippen LogP contribution in [-0.4, -0.2) is 24.7 Å². The molecule has 2 aromatic carbocycles.